The van der Waals surface area contributed by atoms with Gasteiger partial charge in [-0.1, -0.05) is 54.0 Å². The Kier molecular flexibility index (Phi) is 5.12. The Morgan fingerprint density at radius 3 is 2.75 bits per heavy atom. The molecule has 106 valence electrons. The normalized spacial score (nSPS) is 12.6. The molecule has 0 saturated heterocycles. The molecule has 1 aromatic carbocycles. The molecule has 2 aromatic rings. The lowest BCUT2D eigenvalue weighted by molar-refractivity contribution is 0.0948. The van der Waals surface area contributed by atoms with E-state index in [-0.39, 0.29) is 5.91 Å². The van der Waals surface area contributed by atoms with Gasteiger partial charge in [0.2, 0.25) is 0 Å². The molecular formula is C16H19BrN2O. The van der Waals surface area contributed by atoms with Crippen LogP contribution in [0.15, 0.2) is 36.4 Å². The van der Waals surface area contributed by atoms with Crippen LogP contribution in [0.4, 0.5) is 0 Å². The number of para-hydroxylation sites is 1. The van der Waals surface area contributed by atoms with Crippen molar-refractivity contribution < 1.29 is 4.79 Å². The van der Waals surface area contributed by atoms with E-state index in [9.17, 15) is 4.79 Å². The molecule has 0 aliphatic carbocycles. The van der Waals surface area contributed by atoms with Gasteiger partial charge in [0.25, 0.3) is 5.91 Å². The maximum Gasteiger partial charge on any atom is 0.269 e. The minimum atomic E-state index is -0.121. The Morgan fingerprint density at radius 1 is 1.25 bits per heavy atom. The van der Waals surface area contributed by atoms with Crippen molar-refractivity contribution in [1.29, 1.82) is 0 Å². The van der Waals surface area contributed by atoms with E-state index in [2.05, 4.69) is 40.1 Å². The van der Waals surface area contributed by atoms with Gasteiger partial charge in [0.15, 0.2) is 0 Å². The van der Waals surface area contributed by atoms with E-state index in [0.29, 0.717) is 23.0 Å². The number of hydrogen-bond acceptors (Lipinski definition) is 2. The van der Waals surface area contributed by atoms with Crippen molar-refractivity contribution in [3.05, 3.63) is 42.1 Å². The molecule has 0 aliphatic rings. The number of aromatic nitrogens is 1. The van der Waals surface area contributed by atoms with Gasteiger partial charge in [0, 0.05) is 16.8 Å². The summed E-state index contributed by atoms with van der Waals surface area (Å²) in [5, 5.41) is 3.96. The molecule has 0 aliphatic heterocycles. The van der Waals surface area contributed by atoms with Gasteiger partial charge in [0.1, 0.15) is 5.69 Å². The van der Waals surface area contributed by atoms with Gasteiger partial charge in [-0.25, -0.2) is 4.98 Å². The molecular weight excluding hydrogens is 316 g/mol. The number of halogens is 1. The molecule has 0 fully saturated rings. The third-order valence-electron chi connectivity index (χ3n) is 3.04. The molecule has 0 saturated carbocycles. The number of carbonyl (C=O) groups is 1. The van der Waals surface area contributed by atoms with Crippen molar-refractivity contribution in [2.75, 3.05) is 6.54 Å². The van der Waals surface area contributed by atoms with Crippen LogP contribution in [0.1, 0.15) is 30.8 Å². The highest BCUT2D eigenvalue weighted by molar-refractivity contribution is 9.09. The third kappa shape index (κ3) is 4.04. The number of carbonyl (C=O) groups excluding carboxylic acids is 1. The van der Waals surface area contributed by atoms with Crippen LogP contribution < -0.4 is 5.32 Å². The lowest BCUT2D eigenvalue weighted by Gasteiger charge is -2.13. The van der Waals surface area contributed by atoms with E-state index in [1.807, 2.05) is 30.3 Å². The SMILES string of the molecule is CC(C)CC(Br)CNC(=O)c1ccc2ccccc2n1. The first-order valence-corrected chi connectivity index (χ1v) is 7.76. The summed E-state index contributed by atoms with van der Waals surface area (Å²) in [6.45, 7) is 4.95. The Labute approximate surface area is 127 Å². The van der Waals surface area contributed by atoms with Crippen molar-refractivity contribution in [3.63, 3.8) is 0 Å². The highest BCUT2D eigenvalue weighted by atomic mass is 79.9. The lowest BCUT2D eigenvalue weighted by Crippen LogP contribution is -2.30. The molecule has 0 bridgehead atoms. The monoisotopic (exact) mass is 334 g/mol. The third-order valence-corrected chi connectivity index (χ3v) is 3.74. The zero-order chi connectivity index (χ0) is 14.5. The Morgan fingerprint density at radius 2 is 2.00 bits per heavy atom. The summed E-state index contributed by atoms with van der Waals surface area (Å²) in [5.74, 6) is 0.485. The first-order valence-electron chi connectivity index (χ1n) is 6.84. The number of amides is 1. The van der Waals surface area contributed by atoms with E-state index in [4.69, 9.17) is 0 Å². The van der Waals surface area contributed by atoms with Crippen LogP contribution >= 0.6 is 15.9 Å². The molecule has 2 rings (SSSR count). The zero-order valence-electron chi connectivity index (χ0n) is 11.8. The van der Waals surface area contributed by atoms with E-state index in [1.54, 1.807) is 6.07 Å². The second-order valence-electron chi connectivity index (χ2n) is 5.33. The van der Waals surface area contributed by atoms with Crippen molar-refractivity contribution in [1.82, 2.24) is 10.3 Å². The van der Waals surface area contributed by atoms with Gasteiger partial charge in [-0.2, -0.15) is 0 Å². The molecule has 1 aromatic heterocycles. The van der Waals surface area contributed by atoms with E-state index < -0.39 is 0 Å². The summed E-state index contributed by atoms with van der Waals surface area (Å²) in [7, 11) is 0. The van der Waals surface area contributed by atoms with Crippen molar-refractivity contribution in [2.24, 2.45) is 5.92 Å². The van der Waals surface area contributed by atoms with Crippen molar-refractivity contribution in [3.8, 4) is 0 Å². The molecule has 3 nitrogen and oxygen atoms in total. The van der Waals surface area contributed by atoms with Gasteiger partial charge < -0.3 is 5.32 Å². The quantitative estimate of drug-likeness (QED) is 0.845. The van der Waals surface area contributed by atoms with E-state index >= 15 is 0 Å². The number of alkyl halides is 1. The summed E-state index contributed by atoms with van der Waals surface area (Å²) in [6, 6.07) is 11.5. The molecule has 0 radical (unpaired) electrons. The van der Waals surface area contributed by atoms with Crippen LogP contribution in [0.5, 0.6) is 0 Å². The van der Waals surface area contributed by atoms with Crippen LogP contribution in [0.25, 0.3) is 10.9 Å². The van der Waals surface area contributed by atoms with Gasteiger partial charge >= 0.3 is 0 Å². The fourth-order valence-corrected chi connectivity index (χ4v) is 2.99. The number of pyridine rings is 1. The molecule has 1 amide bonds. The standard InChI is InChI=1S/C16H19BrN2O/c1-11(2)9-13(17)10-18-16(20)15-8-7-12-5-3-4-6-14(12)19-15/h3-8,11,13H,9-10H2,1-2H3,(H,18,20). The largest absolute Gasteiger partial charge is 0.350 e. The van der Waals surface area contributed by atoms with Crippen LogP contribution in [0, 0.1) is 5.92 Å². The summed E-state index contributed by atoms with van der Waals surface area (Å²) in [4.78, 5) is 16.8. The first kappa shape index (κ1) is 15.0. The summed E-state index contributed by atoms with van der Waals surface area (Å²) in [5.41, 5.74) is 1.31. The summed E-state index contributed by atoms with van der Waals surface area (Å²) in [6.07, 6.45) is 1.03. The smallest absolute Gasteiger partial charge is 0.269 e. The maximum atomic E-state index is 12.1. The Hall–Kier alpha value is -1.42. The highest BCUT2D eigenvalue weighted by Crippen LogP contribution is 2.13. The van der Waals surface area contributed by atoms with Gasteiger partial charge in [-0.3, -0.25) is 4.79 Å². The van der Waals surface area contributed by atoms with Crippen molar-refractivity contribution in [2.45, 2.75) is 25.1 Å². The maximum absolute atomic E-state index is 12.1. The number of hydrogen-bond donors (Lipinski definition) is 1. The number of nitrogens with zero attached hydrogens (tertiary/aromatic N) is 1. The first-order chi connectivity index (χ1) is 9.56. The molecule has 4 heteroatoms. The molecule has 20 heavy (non-hydrogen) atoms. The number of benzene rings is 1. The molecule has 1 heterocycles. The minimum Gasteiger partial charge on any atom is -0.350 e. The Bertz CT molecular complexity index is 598. The number of fused-ring (bicyclic) bond motifs is 1. The average molecular weight is 335 g/mol. The molecule has 0 spiro atoms. The zero-order valence-corrected chi connectivity index (χ0v) is 13.4. The number of rotatable bonds is 5. The predicted molar refractivity (Wildman–Crippen MR) is 86.2 cm³/mol. The van der Waals surface area contributed by atoms with Gasteiger partial charge in [0.05, 0.1) is 5.52 Å². The summed E-state index contributed by atoms with van der Waals surface area (Å²) < 4.78 is 0. The summed E-state index contributed by atoms with van der Waals surface area (Å²) >= 11 is 3.58. The van der Waals surface area contributed by atoms with Crippen LogP contribution in [-0.4, -0.2) is 22.3 Å². The van der Waals surface area contributed by atoms with Crippen LogP contribution in [-0.2, 0) is 0 Å². The fraction of sp³-hybridized carbons (Fsp3) is 0.375. The molecule has 1 atom stereocenters. The molecule has 1 N–H and O–H groups in total. The average Bonchev–Trinajstić information content (AvgIpc) is 2.43. The van der Waals surface area contributed by atoms with E-state index in [0.717, 1.165) is 17.3 Å². The Balaban J connectivity index is 2.00. The second-order valence-corrected chi connectivity index (χ2v) is 6.62. The number of nitrogens with one attached hydrogen (secondary N) is 1. The van der Waals surface area contributed by atoms with Crippen LogP contribution in [0.2, 0.25) is 0 Å². The van der Waals surface area contributed by atoms with Crippen LogP contribution in [0.3, 0.4) is 0 Å². The lowest BCUT2D eigenvalue weighted by atomic mass is 10.1. The topological polar surface area (TPSA) is 42.0 Å². The minimum absolute atomic E-state index is 0.121. The van der Waals surface area contributed by atoms with Crippen molar-refractivity contribution >= 4 is 32.7 Å². The van der Waals surface area contributed by atoms with Gasteiger partial charge in [-0.15, -0.1) is 0 Å². The molecule has 1 unspecified atom stereocenters. The fourth-order valence-electron chi connectivity index (χ4n) is 2.08. The highest BCUT2D eigenvalue weighted by Gasteiger charge is 2.11. The second kappa shape index (κ2) is 6.84. The predicted octanol–water partition coefficient (Wildman–Crippen LogP) is 3.77. The van der Waals surface area contributed by atoms with E-state index in [1.165, 1.54) is 0 Å². The van der Waals surface area contributed by atoms with Gasteiger partial charge in [-0.05, 0) is 24.5 Å².